The zero-order valence-electron chi connectivity index (χ0n) is 15.1. The summed E-state index contributed by atoms with van der Waals surface area (Å²) < 4.78 is 0. The predicted molar refractivity (Wildman–Crippen MR) is 107 cm³/mol. The number of pyridine rings is 3. The molecule has 0 spiro atoms. The van der Waals surface area contributed by atoms with Crippen LogP contribution in [-0.2, 0) is 0 Å². The first-order chi connectivity index (χ1) is 13.1. The Morgan fingerprint density at radius 2 is 1.70 bits per heavy atom. The minimum absolute atomic E-state index is 0.207. The number of anilines is 1. The Balaban J connectivity index is 1.81. The van der Waals surface area contributed by atoms with Gasteiger partial charge in [0.25, 0.3) is 5.91 Å². The van der Waals surface area contributed by atoms with Crippen molar-refractivity contribution >= 4 is 22.6 Å². The molecule has 1 N–H and O–H groups in total. The number of para-hydroxylation sites is 1. The number of benzene rings is 1. The molecular weight excluding hydrogens is 336 g/mol. The van der Waals surface area contributed by atoms with Crippen LogP contribution >= 0.6 is 0 Å². The van der Waals surface area contributed by atoms with Crippen LogP contribution < -0.4 is 5.32 Å². The number of rotatable bonds is 3. The zero-order chi connectivity index (χ0) is 18.8. The van der Waals surface area contributed by atoms with Gasteiger partial charge in [0.05, 0.1) is 16.8 Å². The monoisotopic (exact) mass is 354 g/mol. The van der Waals surface area contributed by atoms with E-state index in [0.717, 1.165) is 33.4 Å². The van der Waals surface area contributed by atoms with Crippen molar-refractivity contribution in [3.05, 3.63) is 83.8 Å². The van der Waals surface area contributed by atoms with Crippen LogP contribution in [0, 0.1) is 13.8 Å². The van der Waals surface area contributed by atoms with Gasteiger partial charge in [-0.2, -0.15) is 0 Å². The van der Waals surface area contributed by atoms with Gasteiger partial charge in [-0.25, -0.2) is 9.97 Å². The van der Waals surface area contributed by atoms with Gasteiger partial charge in [0.15, 0.2) is 0 Å². The van der Waals surface area contributed by atoms with E-state index in [9.17, 15) is 4.79 Å². The summed E-state index contributed by atoms with van der Waals surface area (Å²) in [7, 11) is 0. The molecule has 0 radical (unpaired) electrons. The molecule has 3 heterocycles. The van der Waals surface area contributed by atoms with Gasteiger partial charge in [-0.15, -0.1) is 0 Å². The average molecular weight is 354 g/mol. The third-order valence-electron chi connectivity index (χ3n) is 4.28. The number of hydrogen-bond donors (Lipinski definition) is 1. The molecule has 0 atom stereocenters. The fourth-order valence-corrected chi connectivity index (χ4v) is 3.12. The number of hydrogen-bond acceptors (Lipinski definition) is 4. The van der Waals surface area contributed by atoms with Crippen molar-refractivity contribution in [3.8, 4) is 11.3 Å². The molecule has 1 aromatic carbocycles. The summed E-state index contributed by atoms with van der Waals surface area (Å²) in [6.07, 6.45) is 3.43. The van der Waals surface area contributed by atoms with Crippen LogP contribution in [0.1, 0.15) is 21.6 Å². The largest absolute Gasteiger partial charge is 0.307 e. The van der Waals surface area contributed by atoms with E-state index in [4.69, 9.17) is 4.98 Å². The Morgan fingerprint density at radius 3 is 2.48 bits per heavy atom. The van der Waals surface area contributed by atoms with Crippen molar-refractivity contribution in [1.29, 1.82) is 0 Å². The Kier molecular flexibility index (Phi) is 4.34. The SMILES string of the molecule is Cc1cc(C)nc(NC(=O)c2cc(-c3ccncc3)nc3ccccc23)c1. The number of carbonyl (C=O) groups is 1. The highest BCUT2D eigenvalue weighted by atomic mass is 16.1. The zero-order valence-corrected chi connectivity index (χ0v) is 15.1. The van der Waals surface area contributed by atoms with Crippen molar-refractivity contribution in [2.75, 3.05) is 5.32 Å². The van der Waals surface area contributed by atoms with Gasteiger partial charge in [-0.1, -0.05) is 18.2 Å². The molecule has 0 bridgehead atoms. The molecule has 0 fully saturated rings. The third-order valence-corrected chi connectivity index (χ3v) is 4.28. The van der Waals surface area contributed by atoms with E-state index in [1.54, 1.807) is 12.4 Å². The Morgan fingerprint density at radius 1 is 0.926 bits per heavy atom. The molecule has 0 aliphatic heterocycles. The molecule has 4 aromatic rings. The lowest BCUT2D eigenvalue weighted by Gasteiger charge is -2.11. The lowest BCUT2D eigenvalue weighted by atomic mass is 10.0. The van der Waals surface area contributed by atoms with Crippen molar-refractivity contribution < 1.29 is 4.79 Å². The highest BCUT2D eigenvalue weighted by molar-refractivity contribution is 6.12. The molecule has 132 valence electrons. The molecule has 1 amide bonds. The van der Waals surface area contributed by atoms with Crippen LogP contribution in [0.3, 0.4) is 0 Å². The average Bonchev–Trinajstić information content (AvgIpc) is 2.67. The standard InChI is InChI=1S/C22H18N4O/c1-14-11-15(2)24-21(12-14)26-22(27)18-13-20(16-7-9-23-10-8-16)25-19-6-4-3-5-17(18)19/h3-13H,1-2H3,(H,24,26,27). The fraction of sp³-hybridized carbons (Fsp3) is 0.0909. The van der Waals surface area contributed by atoms with E-state index in [2.05, 4.69) is 15.3 Å². The van der Waals surface area contributed by atoms with Gasteiger partial charge in [-0.05, 0) is 55.8 Å². The van der Waals surface area contributed by atoms with Crippen molar-refractivity contribution in [2.45, 2.75) is 13.8 Å². The first-order valence-electron chi connectivity index (χ1n) is 8.67. The number of fused-ring (bicyclic) bond motifs is 1. The molecule has 0 aliphatic rings. The summed E-state index contributed by atoms with van der Waals surface area (Å²) in [5.41, 5.74) is 4.89. The second-order valence-electron chi connectivity index (χ2n) is 6.43. The van der Waals surface area contributed by atoms with Crippen LogP contribution in [0.25, 0.3) is 22.2 Å². The minimum Gasteiger partial charge on any atom is -0.307 e. The van der Waals surface area contributed by atoms with E-state index < -0.39 is 0 Å². The number of amides is 1. The number of nitrogens with one attached hydrogen (secondary N) is 1. The van der Waals surface area contributed by atoms with Gasteiger partial charge in [0.2, 0.25) is 0 Å². The number of nitrogens with zero attached hydrogens (tertiary/aromatic N) is 3. The lowest BCUT2D eigenvalue weighted by molar-refractivity contribution is 0.102. The summed E-state index contributed by atoms with van der Waals surface area (Å²) in [6.45, 7) is 3.89. The summed E-state index contributed by atoms with van der Waals surface area (Å²) in [5.74, 6) is 0.338. The van der Waals surface area contributed by atoms with Gasteiger partial charge in [0.1, 0.15) is 5.82 Å². The topological polar surface area (TPSA) is 67.8 Å². The maximum absolute atomic E-state index is 13.0. The molecule has 5 heteroatoms. The van der Waals surface area contributed by atoms with Gasteiger partial charge < -0.3 is 5.32 Å². The van der Waals surface area contributed by atoms with Crippen LogP contribution in [0.15, 0.2) is 67.0 Å². The Hall–Kier alpha value is -3.60. The smallest absolute Gasteiger partial charge is 0.257 e. The van der Waals surface area contributed by atoms with Crippen molar-refractivity contribution in [2.24, 2.45) is 0 Å². The van der Waals surface area contributed by atoms with E-state index >= 15 is 0 Å². The molecule has 27 heavy (non-hydrogen) atoms. The van der Waals surface area contributed by atoms with E-state index in [0.29, 0.717) is 11.4 Å². The lowest BCUT2D eigenvalue weighted by Crippen LogP contribution is -2.14. The Labute approximate surface area is 157 Å². The first-order valence-corrected chi connectivity index (χ1v) is 8.67. The van der Waals surface area contributed by atoms with Gasteiger partial charge >= 0.3 is 0 Å². The van der Waals surface area contributed by atoms with E-state index in [-0.39, 0.29) is 5.91 Å². The summed E-state index contributed by atoms with van der Waals surface area (Å²) in [6, 6.07) is 17.0. The van der Waals surface area contributed by atoms with Crippen LogP contribution in [0.5, 0.6) is 0 Å². The molecule has 0 aliphatic carbocycles. The second kappa shape index (κ2) is 6.96. The molecule has 3 aromatic heterocycles. The number of carbonyl (C=O) groups excluding carboxylic acids is 1. The maximum Gasteiger partial charge on any atom is 0.257 e. The summed E-state index contributed by atoms with van der Waals surface area (Å²) in [4.78, 5) is 26.2. The third kappa shape index (κ3) is 3.53. The minimum atomic E-state index is -0.207. The molecule has 5 nitrogen and oxygen atoms in total. The van der Waals surface area contributed by atoms with Gasteiger partial charge in [-0.3, -0.25) is 9.78 Å². The Bertz CT molecular complexity index is 1120. The summed E-state index contributed by atoms with van der Waals surface area (Å²) >= 11 is 0. The highest BCUT2D eigenvalue weighted by Gasteiger charge is 2.15. The van der Waals surface area contributed by atoms with Crippen LogP contribution in [0.4, 0.5) is 5.82 Å². The van der Waals surface area contributed by atoms with E-state index in [1.165, 1.54) is 0 Å². The molecule has 4 rings (SSSR count). The van der Waals surface area contributed by atoms with E-state index in [1.807, 2.05) is 68.4 Å². The van der Waals surface area contributed by atoms with Crippen LogP contribution in [-0.4, -0.2) is 20.9 Å². The molecule has 0 unspecified atom stereocenters. The normalized spacial score (nSPS) is 10.7. The van der Waals surface area contributed by atoms with Gasteiger partial charge in [0, 0.05) is 29.0 Å². The maximum atomic E-state index is 13.0. The number of aromatic nitrogens is 3. The molecular formula is C22H18N4O. The number of aryl methyl sites for hydroxylation is 2. The second-order valence-corrected chi connectivity index (χ2v) is 6.43. The van der Waals surface area contributed by atoms with Crippen LogP contribution in [0.2, 0.25) is 0 Å². The molecule has 0 saturated carbocycles. The predicted octanol–water partition coefficient (Wildman–Crippen LogP) is 4.56. The van der Waals surface area contributed by atoms with Crippen molar-refractivity contribution in [1.82, 2.24) is 15.0 Å². The quantitative estimate of drug-likeness (QED) is 0.585. The molecule has 0 saturated heterocycles. The highest BCUT2D eigenvalue weighted by Crippen LogP contribution is 2.25. The first kappa shape index (κ1) is 16.8. The van der Waals surface area contributed by atoms with Crippen molar-refractivity contribution in [3.63, 3.8) is 0 Å². The fourth-order valence-electron chi connectivity index (χ4n) is 3.12. The summed E-state index contributed by atoms with van der Waals surface area (Å²) in [5, 5.41) is 3.72.